The van der Waals surface area contributed by atoms with Crippen LogP contribution in [-0.4, -0.2) is 36.4 Å². The van der Waals surface area contributed by atoms with Crippen LogP contribution in [0.5, 0.6) is 11.5 Å². The Balaban J connectivity index is 1.29. The summed E-state index contributed by atoms with van der Waals surface area (Å²) in [6.07, 6.45) is 4.38. The normalized spacial score (nSPS) is 18.5. The number of rotatable bonds is 4. The van der Waals surface area contributed by atoms with Gasteiger partial charge in [0, 0.05) is 19.6 Å². The van der Waals surface area contributed by atoms with Gasteiger partial charge in [0.2, 0.25) is 0 Å². The zero-order valence-corrected chi connectivity index (χ0v) is 16.9. The SMILES string of the molecule is CC1CCCN(c2ccc(NC(=S)NCc3ccc4c(c3)OCCO4)cn2)C1. The Labute approximate surface area is 171 Å². The number of aromatic nitrogens is 1. The third-order valence-electron chi connectivity index (χ3n) is 5.05. The van der Waals surface area contributed by atoms with Gasteiger partial charge in [0.1, 0.15) is 19.0 Å². The maximum absolute atomic E-state index is 5.62. The van der Waals surface area contributed by atoms with Gasteiger partial charge < -0.3 is 25.0 Å². The van der Waals surface area contributed by atoms with E-state index >= 15 is 0 Å². The Morgan fingerprint density at radius 2 is 2.07 bits per heavy atom. The molecule has 1 atom stereocenters. The number of ether oxygens (including phenoxy) is 2. The molecule has 2 aliphatic rings. The fourth-order valence-electron chi connectivity index (χ4n) is 3.60. The van der Waals surface area contributed by atoms with Gasteiger partial charge in [-0.25, -0.2) is 4.98 Å². The van der Waals surface area contributed by atoms with Gasteiger partial charge in [0.15, 0.2) is 16.6 Å². The summed E-state index contributed by atoms with van der Waals surface area (Å²) in [4.78, 5) is 6.96. The highest BCUT2D eigenvalue weighted by Crippen LogP contribution is 2.30. The molecule has 2 aliphatic heterocycles. The lowest BCUT2D eigenvalue weighted by Gasteiger charge is -2.31. The lowest BCUT2D eigenvalue weighted by Crippen LogP contribution is -2.34. The van der Waals surface area contributed by atoms with Crippen LogP contribution in [0.3, 0.4) is 0 Å². The summed E-state index contributed by atoms with van der Waals surface area (Å²) in [5.74, 6) is 3.35. The van der Waals surface area contributed by atoms with Crippen molar-refractivity contribution in [2.45, 2.75) is 26.3 Å². The number of nitrogens with zero attached hydrogens (tertiary/aromatic N) is 2. The van der Waals surface area contributed by atoms with Gasteiger partial charge in [-0.1, -0.05) is 13.0 Å². The van der Waals surface area contributed by atoms with Gasteiger partial charge in [-0.05, 0) is 60.8 Å². The van der Waals surface area contributed by atoms with Crippen LogP contribution in [0.4, 0.5) is 11.5 Å². The van der Waals surface area contributed by atoms with E-state index < -0.39 is 0 Å². The molecular formula is C21H26N4O2S. The lowest BCUT2D eigenvalue weighted by atomic mass is 10.0. The number of hydrogen-bond donors (Lipinski definition) is 2. The topological polar surface area (TPSA) is 58.7 Å². The lowest BCUT2D eigenvalue weighted by molar-refractivity contribution is 0.171. The molecule has 2 N–H and O–H groups in total. The van der Waals surface area contributed by atoms with Gasteiger partial charge >= 0.3 is 0 Å². The first-order valence-electron chi connectivity index (χ1n) is 9.82. The molecule has 0 aliphatic carbocycles. The van der Waals surface area contributed by atoms with Crippen LogP contribution in [-0.2, 0) is 6.54 Å². The summed E-state index contributed by atoms with van der Waals surface area (Å²) in [6.45, 7) is 6.26. The van der Waals surface area contributed by atoms with E-state index in [4.69, 9.17) is 21.7 Å². The van der Waals surface area contributed by atoms with Crippen LogP contribution < -0.4 is 25.0 Å². The van der Waals surface area contributed by atoms with Gasteiger partial charge in [-0.3, -0.25) is 0 Å². The fourth-order valence-corrected chi connectivity index (χ4v) is 3.79. The van der Waals surface area contributed by atoms with Crippen molar-refractivity contribution < 1.29 is 9.47 Å². The summed E-state index contributed by atoms with van der Waals surface area (Å²) in [5, 5.41) is 6.99. The minimum atomic E-state index is 0.566. The second kappa shape index (κ2) is 8.65. The van der Waals surface area contributed by atoms with E-state index in [1.54, 1.807) is 0 Å². The predicted molar refractivity (Wildman–Crippen MR) is 115 cm³/mol. The first-order chi connectivity index (χ1) is 13.7. The molecule has 0 saturated carbocycles. The average molecular weight is 399 g/mol. The molecule has 148 valence electrons. The molecule has 1 aromatic carbocycles. The maximum Gasteiger partial charge on any atom is 0.171 e. The number of hydrogen-bond acceptors (Lipinski definition) is 5. The summed E-state index contributed by atoms with van der Waals surface area (Å²) in [5.41, 5.74) is 1.97. The predicted octanol–water partition coefficient (Wildman–Crippen LogP) is 3.58. The number of pyridine rings is 1. The van der Waals surface area contributed by atoms with E-state index in [0.717, 1.165) is 47.6 Å². The molecule has 3 heterocycles. The smallest absolute Gasteiger partial charge is 0.171 e. The summed E-state index contributed by atoms with van der Waals surface area (Å²) >= 11 is 5.41. The molecule has 28 heavy (non-hydrogen) atoms. The van der Waals surface area contributed by atoms with E-state index in [-0.39, 0.29) is 0 Å². The first-order valence-corrected chi connectivity index (χ1v) is 10.2. The molecule has 1 unspecified atom stereocenters. The largest absolute Gasteiger partial charge is 0.486 e. The van der Waals surface area contributed by atoms with Crippen molar-refractivity contribution in [2.75, 3.05) is 36.5 Å². The van der Waals surface area contributed by atoms with Crippen LogP contribution in [0, 0.1) is 5.92 Å². The van der Waals surface area contributed by atoms with E-state index in [0.29, 0.717) is 24.9 Å². The number of benzene rings is 1. The number of thiocarbonyl (C=S) groups is 1. The third kappa shape index (κ3) is 4.65. The van der Waals surface area contributed by atoms with Crippen LogP contribution >= 0.6 is 12.2 Å². The van der Waals surface area contributed by atoms with Crippen LogP contribution in [0.15, 0.2) is 36.5 Å². The third-order valence-corrected chi connectivity index (χ3v) is 5.29. The molecule has 0 radical (unpaired) electrons. The Kier molecular flexibility index (Phi) is 5.81. The number of piperidine rings is 1. The average Bonchev–Trinajstić information content (AvgIpc) is 2.73. The monoisotopic (exact) mass is 398 g/mol. The van der Waals surface area contributed by atoms with Gasteiger partial charge in [0.25, 0.3) is 0 Å². The highest BCUT2D eigenvalue weighted by atomic mass is 32.1. The van der Waals surface area contributed by atoms with Crippen molar-refractivity contribution in [1.82, 2.24) is 10.3 Å². The Bertz CT molecular complexity index is 828. The zero-order valence-electron chi connectivity index (χ0n) is 16.1. The van der Waals surface area contributed by atoms with Gasteiger partial charge in [-0.2, -0.15) is 0 Å². The van der Waals surface area contributed by atoms with Crippen LogP contribution in [0.2, 0.25) is 0 Å². The second-order valence-electron chi connectivity index (χ2n) is 7.38. The molecule has 4 rings (SSSR count). The Morgan fingerprint density at radius 3 is 2.86 bits per heavy atom. The van der Waals surface area contributed by atoms with E-state index in [1.807, 2.05) is 30.5 Å². The molecule has 0 bridgehead atoms. The molecule has 0 amide bonds. The summed E-state index contributed by atoms with van der Waals surface area (Å²) < 4.78 is 11.2. The fraction of sp³-hybridized carbons (Fsp3) is 0.429. The van der Waals surface area contributed by atoms with Crippen molar-refractivity contribution in [3.63, 3.8) is 0 Å². The Morgan fingerprint density at radius 1 is 1.21 bits per heavy atom. The van der Waals surface area contributed by atoms with Crippen molar-refractivity contribution in [3.05, 3.63) is 42.1 Å². The highest BCUT2D eigenvalue weighted by molar-refractivity contribution is 7.80. The molecule has 2 aromatic rings. The summed E-state index contributed by atoms with van der Waals surface area (Å²) in [6, 6.07) is 10.0. The van der Waals surface area contributed by atoms with Crippen molar-refractivity contribution >= 4 is 28.8 Å². The maximum atomic E-state index is 5.62. The molecule has 1 aromatic heterocycles. The van der Waals surface area contributed by atoms with Crippen LogP contribution in [0.25, 0.3) is 0 Å². The zero-order chi connectivity index (χ0) is 19.3. The Hall–Kier alpha value is -2.54. The van der Waals surface area contributed by atoms with Crippen LogP contribution in [0.1, 0.15) is 25.3 Å². The summed E-state index contributed by atoms with van der Waals surface area (Å²) in [7, 11) is 0. The number of nitrogens with one attached hydrogen (secondary N) is 2. The van der Waals surface area contributed by atoms with Crippen molar-refractivity contribution in [3.8, 4) is 11.5 Å². The van der Waals surface area contributed by atoms with E-state index in [1.165, 1.54) is 12.8 Å². The number of anilines is 2. The molecular weight excluding hydrogens is 372 g/mol. The first kappa shape index (κ1) is 18.8. The molecule has 7 heteroatoms. The molecule has 0 spiro atoms. The quantitative estimate of drug-likeness (QED) is 0.764. The van der Waals surface area contributed by atoms with Gasteiger partial charge in [0.05, 0.1) is 11.9 Å². The minimum Gasteiger partial charge on any atom is -0.486 e. The van der Waals surface area contributed by atoms with Crippen molar-refractivity contribution in [2.24, 2.45) is 5.92 Å². The highest BCUT2D eigenvalue weighted by Gasteiger charge is 2.17. The standard InChI is InChI=1S/C21H26N4O2S/c1-15-3-2-8-25(14-15)20-7-5-17(13-22-20)24-21(28)23-12-16-4-6-18-19(11-16)27-10-9-26-18/h4-7,11,13,15H,2-3,8-10,12,14H2,1H3,(H2,23,24,28). The molecule has 6 nitrogen and oxygen atoms in total. The van der Waals surface area contributed by atoms with Gasteiger partial charge in [-0.15, -0.1) is 0 Å². The molecule has 1 saturated heterocycles. The number of fused-ring (bicyclic) bond motifs is 1. The van der Waals surface area contributed by atoms with E-state index in [2.05, 4.69) is 33.5 Å². The van der Waals surface area contributed by atoms with Crippen molar-refractivity contribution in [1.29, 1.82) is 0 Å². The van der Waals surface area contributed by atoms with E-state index in [9.17, 15) is 0 Å². The second-order valence-corrected chi connectivity index (χ2v) is 7.79. The molecule has 1 fully saturated rings. The minimum absolute atomic E-state index is 0.566.